The first kappa shape index (κ1) is 20.8. The van der Waals surface area contributed by atoms with Crippen LogP contribution in [0.3, 0.4) is 0 Å². The second-order valence-electron chi connectivity index (χ2n) is 7.99. The minimum atomic E-state index is -0.594. The van der Waals surface area contributed by atoms with Gasteiger partial charge >= 0.3 is 0 Å². The van der Waals surface area contributed by atoms with Crippen LogP contribution in [-0.2, 0) is 0 Å². The maximum atomic E-state index is 13.7. The van der Waals surface area contributed by atoms with Crippen molar-refractivity contribution in [2.75, 3.05) is 18.6 Å². The Labute approximate surface area is 171 Å². The molecule has 0 aliphatic carbocycles. The summed E-state index contributed by atoms with van der Waals surface area (Å²) in [4.78, 5) is 14.5. The molecule has 0 saturated heterocycles. The fourth-order valence-corrected chi connectivity index (χ4v) is 4.27. The number of hydrogen-bond donors (Lipinski definition) is 1. The number of nitrogens with zero attached hydrogens (tertiary/aromatic N) is 2. The van der Waals surface area contributed by atoms with E-state index < -0.39 is 11.7 Å². The Morgan fingerprint density at radius 1 is 1.38 bits per heavy atom. The number of carbonyl (C=O) groups is 1. The van der Waals surface area contributed by atoms with Gasteiger partial charge in [-0.25, -0.2) is 9.82 Å². The highest BCUT2D eigenvalue weighted by Crippen LogP contribution is 2.45. The summed E-state index contributed by atoms with van der Waals surface area (Å²) >= 11 is 0. The first-order valence-electron chi connectivity index (χ1n) is 9.86. The van der Waals surface area contributed by atoms with Crippen LogP contribution < -0.4 is 15.1 Å². The Kier molecular flexibility index (Phi) is 5.91. The Morgan fingerprint density at radius 3 is 2.76 bits per heavy atom. The zero-order valence-corrected chi connectivity index (χ0v) is 17.6. The molecule has 29 heavy (non-hydrogen) atoms. The lowest BCUT2D eigenvalue weighted by molar-refractivity contribution is 0.0951. The first-order valence-corrected chi connectivity index (χ1v) is 9.86. The molecule has 0 radical (unpaired) electrons. The highest BCUT2D eigenvalue weighted by Gasteiger charge is 2.36. The molecule has 2 aromatic rings. The van der Waals surface area contributed by atoms with Crippen molar-refractivity contribution >= 4 is 17.8 Å². The third-order valence-electron chi connectivity index (χ3n) is 5.54. The van der Waals surface area contributed by atoms with Crippen LogP contribution in [0.4, 0.5) is 10.1 Å². The number of halogens is 1. The lowest BCUT2D eigenvalue weighted by Gasteiger charge is -2.47. The number of benzene rings is 2. The van der Waals surface area contributed by atoms with Crippen LogP contribution in [0.1, 0.15) is 61.5 Å². The van der Waals surface area contributed by atoms with E-state index in [1.807, 2.05) is 6.07 Å². The first-order chi connectivity index (χ1) is 13.8. The Morgan fingerprint density at radius 2 is 2.10 bits per heavy atom. The molecule has 0 fully saturated rings. The summed E-state index contributed by atoms with van der Waals surface area (Å²) in [6.07, 6.45) is 2.58. The number of anilines is 1. The summed E-state index contributed by atoms with van der Waals surface area (Å²) in [6, 6.07) is 9.91. The van der Waals surface area contributed by atoms with Gasteiger partial charge in [0.1, 0.15) is 11.6 Å². The second-order valence-corrected chi connectivity index (χ2v) is 7.99. The zero-order valence-electron chi connectivity index (χ0n) is 17.6. The average molecular weight is 397 g/mol. The second kappa shape index (κ2) is 8.23. The van der Waals surface area contributed by atoms with Gasteiger partial charge in [0.25, 0.3) is 5.91 Å². The van der Waals surface area contributed by atoms with Gasteiger partial charge in [-0.1, -0.05) is 19.1 Å². The number of rotatable bonds is 5. The van der Waals surface area contributed by atoms with Crippen molar-refractivity contribution in [3.63, 3.8) is 0 Å². The molecule has 0 saturated carbocycles. The number of carbonyl (C=O) groups excluding carboxylic acids is 1. The van der Waals surface area contributed by atoms with Crippen LogP contribution in [-0.4, -0.2) is 31.3 Å². The molecule has 1 atom stereocenters. The molecule has 3 rings (SSSR count). The van der Waals surface area contributed by atoms with Crippen molar-refractivity contribution in [1.29, 1.82) is 0 Å². The van der Waals surface area contributed by atoms with Crippen molar-refractivity contribution in [3.8, 4) is 5.75 Å². The Bertz CT molecular complexity index is 940. The predicted octanol–water partition coefficient (Wildman–Crippen LogP) is 4.71. The molecule has 0 spiro atoms. The molecule has 2 aromatic carbocycles. The minimum absolute atomic E-state index is 0.0449. The van der Waals surface area contributed by atoms with Gasteiger partial charge in [-0.15, -0.1) is 0 Å². The van der Waals surface area contributed by atoms with Gasteiger partial charge in [0, 0.05) is 29.4 Å². The number of hydrogen-bond acceptors (Lipinski definition) is 4. The van der Waals surface area contributed by atoms with E-state index >= 15 is 0 Å². The average Bonchev–Trinajstić information content (AvgIpc) is 2.67. The van der Waals surface area contributed by atoms with Crippen LogP contribution >= 0.6 is 0 Å². The highest BCUT2D eigenvalue weighted by molar-refractivity contribution is 5.95. The molecule has 1 unspecified atom stereocenters. The van der Waals surface area contributed by atoms with Crippen LogP contribution in [0.5, 0.6) is 5.75 Å². The number of fused-ring (bicyclic) bond motifs is 1. The minimum Gasteiger partial charge on any atom is -0.496 e. The zero-order chi connectivity index (χ0) is 21.2. The van der Waals surface area contributed by atoms with E-state index in [-0.39, 0.29) is 11.1 Å². The molecular weight excluding hydrogens is 369 g/mol. The lowest BCUT2D eigenvalue weighted by Crippen LogP contribution is -2.48. The standard InChI is InChI=1S/C23H28FN3O2/c1-6-27-20-12-21(29-5)16(11-18(20)15(2)13-23(27,3)4)14-25-26-22(28)17-9-7-8-10-19(17)24/h7-12,14-15H,6,13H2,1-5H3,(H,26,28)/b25-14-. The number of amides is 1. The molecule has 154 valence electrons. The fourth-order valence-electron chi connectivity index (χ4n) is 4.27. The van der Waals surface area contributed by atoms with E-state index in [0.29, 0.717) is 11.7 Å². The van der Waals surface area contributed by atoms with E-state index in [1.165, 1.54) is 29.4 Å². The molecule has 1 aliphatic heterocycles. The molecular formula is C23H28FN3O2. The maximum absolute atomic E-state index is 13.7. The maximum Gasteiger partial charge on any atom is 0.274 e. The van der Waals surface area contributed by atoms with Crippen LogP contribution in [0, 0.1) is 5.82 Å². The van der Waals surface area contributed by atoms with Crippen LogP contribution in [0.25, 0.3) is 0 Å². The predicted molar refractivity (Wildman–Crippen MR) is 115 cm³/mol. The summed E-state index contributed by atoms with van der Waals surface area (Å²) < 4.78 is 19.3. The fraction of sp³-hybridized carbons (Fsp3) is 0.391. The van der Waals surface area contributed by atoms with Crippen molar-refractivity contribution in [1.82, 2.24) is 5.43 Å². The summed E-state index contributed by atoms with van der Waals surface area (Å²) in [6.45, 7) is 9.80. The van der Waals surface area contributed by atoms with Crippen molar-refractivity contribution in [3.05, 3.63) is 58.9 Å². The van der Waals surface area contributed by atoms with Crippen molar-refractivity contribution in [2.24, 2.45) is 5.10 Å². The monoisotopic (exact) mass is 397 g/mol. The molecule has 5 nitrogen and oxygen atoms in total. The summed E-state index contributed by atoms with van der Waals surface area (Å²) in [5.41, 5.74) is 5.57. The number of methoxy groups -OCH3 is 1. The quantitative estimate of drug-likeness (QED) is 0.587. The topological polar surface area (TPSA) is 53.9 Å². The van der Waals surface area contributed by atoms with E-state index in [9.17, 15) is 9.18 Å². The van der Waals surface area contributed by atoms with Gasteiger partial charge in [0.15, 0.2) is 0 Å². The van der Waals surface area contributed by atoms with E-state index in [1.54, 1.807) is 19.4 Å². The lowest BCUT2D eigenvalue weighted by atomic mass is 9.79. The Hall–Kier alpha value is -2.89. The Balaban J connectivity index is 1.89. The summed E-state index contributed by atoms with van der Waals surface area (Å²) in [7, 11) is 1.62. The third kappa shape index (κ3) is 4.11. The van der Waals surface area contributed by atoms with E-state index in [4.69, 9.17) is 4.74 Å². The molecule has 1 aliphatic rings. The van der Waals surface area contributed by atoms with Crippen LogP contribution in [0.15, 0.2) is 41.5 Å². The molecule has 1 amide bonds. The molecule has 1 heterocycles. The largest absolute Gasteiger partial charge is 0.496 e. The number of hydrazone groups is 1. The molecule has 6 heteroatoms. The van der Waals surface area contributed by atoms with E-state index in [0.717, 1.165) is 18.5 Å². The highest BCUT2D eigenvalue weighted by atomic mass is 19.1. The van der Waals surface area contributed by atoms with Crippen LogP contribution in [0.2, 0.25) is 0 Å². The van der Waals surface area contributed by atoms with Gasteiger partial charge < -0.3 is 9.64 Å². The van der Waals surface area contributed by atoms with Gasteiger partial charge in [0.05, 0.1) is 18.9 Å². The molecule has 1 N–H and O–H groups in total. The molecule has 0 aromatic heterocycles. The van der Waals surface area contributed by atoms with Gasteiger partial charge in [-0.05, 0) is 56.9 Å². The van der Waals surface area contributed by atoms with Gasteiger partial charge in [-0.3, -0.25) is 4.79 Å². The summed E-state index contributed by atoms with van der Waals surface area (Å²) in [5, 5.41) is 4.02. The number of nitrogens with one attached hydrogen (secondary N) is 1. The third-order valence-corrected chi connectivity index (χ3v) is 5.54. The number of ether oxygens (including phenoxy) is 1. The van der Waals surface area contributed by atoms with Gasteiger partial charge in [0.2, 0.25) is 0 Å². The smallest absolute Gasteiger partial charge is 0.274 e. The van der Waals surface area contributed by atoms with Gasteiger partial charge in [-0.2, -0.15) is 5.10 Å². The van der Waals surface area contributed by atoms with E-state index in [2.05, 4.69) is 49.2 Å². The summed E-state index contributed by atoms with van der Waals surface area (Å²) in [5.74, 6) is -0.115. The molecule has 0 bridgehead atoms. The normalized spacial score (nSPS) is 17.9. The van der Waals surface area contributed by atoms with Crippen molar-refractivity contribution < 1.29 is 13.9 Å². The van der Waals surface area contributed by atoms with Crippen molar-refractivity contribution in [2.45, 2.75) is 45.6 Å². The SMILES string of the molecule is CCN1c2cc(OC)c(/C=N\NC(=O)c3ccccc3F)cc2C(C)CC1(C)C.